The normalized spacial score (nSPS) is 12.2. The van der Waals surface area contributed by atoms with Gasteiger partial charge in [-0.25, -0.2) is 4.79 Å². The summed E-state index contributed by atoms with van der Waals surface area (Å²) < 4.78 is 10.2. The molecular weight excluding hydrogens is 258 g/mol. The fraction of sp³-hybridized carbons (Fsp3) is 0.429. The van der Waals surface area contributed by atoms with Crippen molar-refractivity contribution in [1.82, 2.24) is 15.4 Å². The van der Waals surface area contributed by atoms with Crippen molar-refractivity contribution in [1.29, 1.82) is 0 Å². The molecule has 20 heavy (non-hydrogen) atoms. The molecule has 6 nitrogen and oxygen atoms in total. The number of nitrogens with one attached hydrogen (secondary N) is 1. The van der Waals surface area contributed by atoms with E-state index in [9.17, 15) is 4.79 Å². The third-order valence-corrected chi connectivity index (χ3v) is 2.88. The average molecular weight is 277 g/mol. The maximum Gasteiger partial charge on any atom is 0.317 e. The number of carbonyl (C=O) groups is 1. The Morgan fingerprint density at radius 2 is 2.35 bits per heavy atom. The van der Waals surface area contributed by atoms with Gasteiger partial charge < -0.3 is 19.2 Å². The Kier molecular flexibility index (Phi) is 4.45. The molecule has 0 aliphatic carbocycles. The highest BCUT2D eigenvalue weighted by molar-refractivity contribution is 5.74. The molecule has 0 spiro atoms. The van der Waals surface area contributed by atoms with Crippen LogP contribution >= 0.6 is 0 Å². The van der Waals surface area contributed by atoms with Crippen LogP contribution < -0.4 is 5.32 Å². The van der Waals surface area contributed by atoms with Crippen LogP contribution in [0.1, 0.15) is 24.1 Å². The highest BCUT2D eigenvalue weighted by Gasteiger charge is 2.14. The second-order valence-corrected chi connectivity index (χ2v) is 4.92. The topological polar surface area (TPSA) is 71.5 Å². The zero-order valence-corrected chi connectivity index (χ0v) is 11.9. The molecule has 0 radical (unpaired) electrons. The van der Waals surface area contributed by atoms with Gasteiger partial charge >= 0.3 is 6.03 Å². The lowest BCUT2D eigenvalue weighted by Crippen LogP contribution is -2.42. The first-order valence-corrected chi connectivity index (χ1v) is 6.51. The lowest BCUT2D eigenvalue weighted by molar-refractivity contribution is 0.201. The molecule has 2 heterocycles. The number of rotatable bonds is 5. The standard InChI is InChI=1S/C14H19N3O3/c1-10(7-13-5-4-6-19-13)15-14(18)17(3)9-12-8-11(2)20-16-12/h4-6,8,10H,7,9H2,1-3H3,(H,15,18)/t10-/m0/s1. The minimum absolute atomic E-state index is 0.00450. The van der Waals surface area contributed by atoms with Gasteiger partial charge in [-0.15, -0.1) is 0 Å². The largest absolute Gasteiger partial charge is 0.469 e. The van der Waals surface area contributed by atoms with Crippen LogP contribution in [0.5, 0.6) is 0 Å². The molecule has 2 aromatic rings. The first-order valence-electron chi connectivity index (χ1n) is 6.51. The van der Waals surface area contributed by atoms with Crippen LogP contribution in [0.25, 0.3) is 0 Å². The molecule has 0 saturated heterocycles. The molecule has 1 atom stereocenters. The molecule has 0 unspecified atom stereocenters. The molecule has 0 aromatic carbocycles. The van der Waals surface area contributed by atoms with Crippen molar-refractivity contribution in [3.63, 3.8) is 0 Å². The number of furan rings is 1. The maximum atomic E-state index is 12.0. The van der Waals surface area contributed by atoms with Gasteiger partial charge in [0.1, 0.15) is 17.2 Å². The molecule has 2 amide bonds. The first-order chi connectivity index (χ1) is 9.54. The van der Waals surface area contributed by atoms with Crippen LogP contribution in [0, 0.1) is 6.92 Å². The van der Waals surface area contributed by atoms with E-state index in [1.54, 1.807) is 18.2 Å². The van der Waals surface area contributed by atoms with Crippen LogP contribution in [-0.4, -0.2) is 29.2 Å². The van der Waals surface area contributed by atoms with E-state index >= 15 is 0 Å². The molecule has 0 aliphatic heterocycles. The Bertz CT molecular complexity index is 548. The number of amides is 2. The molecule has 6 heteroatoms. The minimum atomic E-state index is -0.148. The van der Waals surface area contributed by atoms with Crippen molar-refractivity contribution < 1.29 is 13.7 Å². The number of nitrogens with zero attached hydrogens (tertiary/aromatic N) is 2. The van der Waals surface area contributed by atoms with Crippen LogP contribution in [0.2, 0.25) is 0 Å². The molecular formula is C14H19N3O3. The lowest BCUT2D eigenvalue weighted by atomic mass is 10.2. The van der Waals surface area contributed by atoms with Gasteiger partial charge in [-0.2, -0.15) is 0 Å². The summed E-state index contributed by atoms with van der Waals surface area (Å²) in [6, 6.07) is 5.39. The molecule has 108 valence electrons. The summed E-state index contributed by atoms with van der Waals surface area (Å²) in [7, 11) is 1.72. The Hall–Kier alpha value is -2.24. The highest BCUT2D eigenvalue weighted by Crippen LogP contribution is 2.06. The van der Waals surface area contributed by atoms with E-state index in [0.717, 1.165) is 17.2 Å². The number of hydrogen-bond acceptors (Lipinski definition) is 4. The summed E-state index contributed by atoms with van der Waals surface area (Å²) in [4.78, 5) is 13.6. The van der Waals surface area contributed by atoms with Gasteiger partial charge in [0.05, 0.1) is 12.8 Å². The van der Waals surface area contributed by atoms with Crippen molar-refractivity contribution in [3.05, 3.63) is 41.7 Å². The number of urea groups is 1. The maximum absolute atomic E-state index is 12.0. The van der Waals surface area contributed by atoms with E-state index < -0.39 is 0 Å². The van der Waals surface area contributed by atoms with Crippen LogP contribution in [0.15, 0.2) is 33.4 Å². The first kappa shape index (κ1) is 14.2. The van der Waals surface area contributed by atoms with Crippen molar-refractivity contribution in [2.75, 3.05) is 7.05 Å². The molecule has 0 bridgehead atoms. The Morgan fingerprint density at radius 3 is 2.95 bits per heavy atom. The zero-order valence-electron chi connectivity index (χ0n) is 11.9. The smallest absolute Gasteiger partial charge is 0.317 e. The number of aromatic nitrogens is 1. The zero-order chi connectivity index (χ0) is 14.5. The summed E-state index contributed by atoms with van der Waals surface area (Å²) in [5.74, 6) is 1.59. The van der Waals surface area contributed by atoms with E-state index in [1.807, 2.05) is 32.0 Å². The molecule has 0 saturated carbocycles. The number of carbonyl (C=O) groups excluding carboxylic acids is 1. The average Bonchev–Trinajstić information content (AvgIpc) is 3.01. The Labute approximate surface area is 117 Å². The van der Waals surface area contributed by atoms with Crippen LogP contribution in [0.3, 0.4) is 0 Å². The van der Waals surface area contributed by atoms with E-state index in [-0.39, 0.29) is 12.1 Å². The molecule has 1 N–H and O–H groups in total. The van der Waals surface area contributed by atoms with Crippen molar-refractivity contribution in [2.24, 2.45) is 0 Å². The van der Waals surface area contributed by atoms with Gasteiger partial charge in [0.25, 0.3) is 0 Å². The SMILES string of the molecule is Cc1cc(CN(C)C(=O)N[C@@H](C)Cc2ccco2)no1. The predicted molar refractivity (Wildman–Crippen MR) is 73.1 cm³/mol. The quantitative estimate of drug-likeness (QED) is 0.910. The predicted octanol–water partition coefficient (Wildman–Crippen LogP) is 2.35. The van der Waals surface area contributed by atoms with E-state index in [2.05, 4.69) is 10.5 Å². The van der Waals surface area contributed by atoms with E-state index in [0.29, 0.717) is 13.0 Å². The van der Waals surface area contributed by atoms with Crippen molar-refractivity contribution in [2.45, 2.75) is 32.9 Å². The summed E-state index contributed by atoms with van der Waals surface area (Å²) in [6.45, 7) is 4.17. The Balaban J connectivity index is 1.81. The van der Waals surface area contributed by atoms with Gasteiger partial charge in [0, 0.05) is 25.6 Å². The second kappa shape index (κ2) is 6.27. The summed E-state index contributed by atoms with van der Waals surface area (Å²) >= 11 is 0. The third-order valence-electron chi connectivity index (χ3n) is 2.88. The van der Waals surface area contributed by atoms with E-state index in [1.165, 1.54) is 0 Å². The summed E-state index contributed by atoms with van der Waals surface area (Å²) in [5, 5.41) is 6.78. The van der Waals surface area contributed by atoms with Crippen LogP contribution in [-0.2, 0) is 13.0 Å². The monoisotopic (exact) mass is 277 g/mol. The Morgan fingerprint density at radius 1 is 1.55 bits per heavy atom. The van der Waals surface area contributed by atoms with Gasteiger partial charge in [0.2, 0.25) is 0 Å². The fourth-order valence-corrected chi connectivity index (χ4v) is 1.91. The summed E-state index contributed by atoms with van der Waals surface area (Å²) in [6.07, 6.45) is 2.29. The number of hydrogen-bond donors (Lipinski definition) is 1. The lowest BCUT2D eigenvalue weighted by Gasteiger charge is -2.20. The molecule has 0 fully saturated rings. The van der Waals surface area contributed by atoms with Gasteiger partial charge in [-0.05, 0) is 26.0 Å². The number of aryl methyl sites for hydroxylation is 1. The van der Waals surface area contributed by atoms with E-state index in [4.69, 9.17) is 8.94 Å². The fourth-order valence-electron chi connectivity index (χ4n) is 1.91. The second-order valence-electron chi connectivity index (χ2n) is 4.92. The highest BCUT2D eigenvalue weighted by atomic mass is 16.5. The van der Waals surface area contributed by atoms with Crippen molar-refractivity contribution >= 4 is 6.03 Å². The van der Waals surface area contributed by atoms with Gasteiger partial charge in [-0.1, -0.05) is 5.16 Å². The van der Waals surface area contributed by atoms with Gasteiger partial charge in [0.15, 0.2) is 0 Å². The molecule has 2 rings (SSSR count). The van der Waals surface area contributed by atoms with Crippen LogP contribution in [0.4, 0.5) is 4.79 Å². The molecule has 0 aliphatic rings. The van der Waals surface area contributed by atoms with Crippen molar-refractivity contribution in [3.8, 4) is 0 Å². The minimum Gasteiger partial charge on any atom is -0.469 e. The summed E-state index contributed by atoms with van der Waals surface area (Å²) in [5.41, 5.74) is 0.735. The van der Waals surface area contributed by atoms with Gasteiger partial charge in [-0.3, -0.25) is 0 Å². The third kappa shape index (κ3) is 3.88. The molecule has 2 aromatic heterocycles.